The van der Waals surface area contributed by atoms with E-state index in [1.165, 1.54) is 5.56 Å². The van der Waals surface area contributed by atoms with Crippen LogP contribution in [0.15, 0.2) is 48.5 Å². The van der Waals surface area contributed by atoms with Crippen molar-refractivity contribution in [1.29, 1.82) is 0 Å². The molecule has 2 aromatic rings. The van der Waals surface area contributed by atoms with Gasteiger partial charge < -0.3 is 15.8 Å². The molecule has 1 saturated heterocycles. The van der Waals surface area contributed by atoms with E-state index >= 15 is 0 Å². The normalized spacial score (nSPS) is 17.6. The molecule has 0 aromatic heterocycles. The Morgan fingerprint density at radius 1 is 1.22 bits per heavy atom. The molecule has 0 spiro atoms. The van der Waals surface area contributed by atoms with Gasteiger partial charge in [0.25, 0.3) is 0 Å². The Kier molecular flexibility index (Phi) is 6.85. The topological polar surface area (TPSA) is 67.6 Å². The number of morpholine rings is 1. The first kappa shape index (κ1) is 19.4. The number of ether oxygens (including phenoxy) is 1. The number of hydrogen-bond donors (Lipinski definition) is 2. The molecule has 5 nitrogen and oxygen atoms in total. The molecule has 3 N–H and O–H groups in total. The second-order valence-electron chi connectivity index (χ2n) is 7.21. The maximum Gasteiger partial charge on any atom is 0.220 e. The largest absolute Gasteiger partial charge is 0.399 e. The zero-order chi connectivity index (χ0) is 19.1. The van der Waals surface area contributed by atoms with Crippen molar-refractivity contribution in [2.75, 3.05) is 25.4 Å². The Balaban J connectivity index is 1.46. The summed E-state index contributed by atoms with van der Waals surface area (Å²) in [6.45, 7) is 6.31. The van der Waals surface area contributed by atoms with Crippen molar-refractivity contribution in [3.63, 3.8) is 0 Å². The van der Waals surface area contributed by atoms with Crippen LogP contribution >= 0.6 is 0 Å². The number of nitrogen functional groups attached to an aromatic ring is 1. The molecule has 0 aliphatic carbocycles. The molecule has 0 bridgehead atoms. The van der Waals surface area contributed by atoms with Crippen LogP contribution in [0.25, 0.3) is 0 Å². The molecule has 27 heavy (non-hydrogen) atoms. The van der Waals surface area contributed by atoms with Crippen molar-refractivity contribution in [1.82, 2.24) is 10.2 Å². The average Bonchev–Trinajstić information content (AvgIpc) is 2.66. The van der Waals surface area contributed by atoms with Crippen molar-refractivity contribution in [3.8, 4) is 0 Å². The van der Waals surface area contributed by atoms with Gasteiger partial charge in [0.15, 0.2) is 0 Å². The van der Waals surface area contributed by atoms with Crippen LogP contribution < -0.4 is 11.1 Å². The highest BCUT2D eigenvalue weighted by Gasteiger charge is 2.16. The van der Waals surface area contributed by atoms with Crippen molar-refractivity contribution >= 4 is 11.6 Å². The van der Waals surface area contributed by atoms with Gasteiger partial charge in [0.1, 0.15) is 0 Å². The monoisotopic (exact) mass is 367 g/mol. The molecular weight excluding hydrogens is 338 g/mol. The number of amides is 1. The van der Waals surface area contributed by atoms with Crippen LogP contribution in [-0.4, -0.2) is 36.6 Å². The molecule has 1 aliphatic heterocycles. The van der Waals surface area contributed by atoms with Crippen molar-refractivity contribution in [2.45, 2.75) is 39.0 Å². The van der Waals surface area contributed by atoms with Crippen molar-refractivity contribution < 1.29 is 9.53 Å². The first-order chi connectivity index (χ1) is 13.1. The zero-order valence-electron chi connectivity index (χ0n) is 16.0. The lowest BCUT2D eigenvalue weighted by Gasteiger charge is -2.31. The first-order valence-corrected chi connectivity index (χ1v) is 9.62. The number of nitrogens with zero attached hydrogens (tertiary/aromatic N) is 1. The number of benzene rings is 2. The van der Waals surface area contributed by atoms with Gasteiger partial charge in [0.05, 0.1) is 12.7 Å². The van der Waals surface area contributed by atoms with Crippen LogP contribution in [0.1, 0.15) is 30.0 Å². The van der Waals surface area contributed by atoms with Gasteiger partial charge in [-0.1, -0.05) is 42.5 Å². The predicted octanol–water partition coefficient (Wildman–Crippen LogP) is 2.74. The van der Waals surface area contributed by atoms with Gasteiger partial charge in [0, 0.05) is 38.3 Å². The van der Waals surface area contributed by atoms with E-state index in [0.29, 0.717) is 25.5 Å². The highest BCUT2D eigenvalue weighted by Crippen LogP contribution is 2.14. The van der Waals surface area contributed by atoms with Gasteiger partial charge in [-0.15, -0.1) is 0 Å². The summed E-state index contributed by atoms with van der Waals surface area (Å²) < 4.78 is 5.60. The summed E-state index contributed by atoms with van der Waals surface area (Å²) in [5.41, 5.74) is 10.1. The molecule has 1 atom stereocenters. The molecule has 3 rings (SSSR count). The summed E-state index contributed by atoms with van der Waals surface area (Å²) in [6.07, 6.45) is 1.40. The summed E-state index contributed by atoms with van der Waals surface area (Å²) in [7, 11) is 0. The van der Waals surface area contributed by atoms with Crippen LogP contribution in [0.2, 0.25) is 0 Å². The SMILES string of the molecule is CC1CN(Cc2cccc(CNC(=O)CCc3ccccc3N)c2)CCO1. The molecule has 2 aromatic carbocycles. The Morgan fingerprint density at radius 2 is 2.04 bits per heavy atom. The lowest BCUT2D eigenvalue weighted by molar-refractivity contribution is -0.121. The van der Waals surface area contributed by atoms with Gasteiger partial charge in [-0.05, 0) is 36.1 Å². The molecular formula is C22H29N3O2. The van der Waals surface area contributed by atoms with Gasteiger partial charge in [-0.2, -0.15) is 0 Å². The third-order valence-electron chi connectivity index (χ3n) is 4.89. The standard InChI is InChI=1S/C22H29N3O2/c1-17-15-25(11-12-27-17)16-19-6-4-5-18(13-19)14-24-22(26)10-9-20-7-2-3-8-21(20)23/h2-8,13,17H,9-12,14-16,23H2,1H3,(H,24,26). The first-order valence-electron chi connectivity index (χ1n) is 9.62. The minimum Gasteiger partial charge on any atom is -0.399 e. The number of carbonyl (C=O) groups excluding carboxylic acids is 1. The number of nitrogens with one attached hydrogen (secondary N) is 1. The molecule has 5 heteroatoms. The van der Waals surface area contributed by atoms with E-state index in [9.17, 15) is 4.79 Å². The third kappa shape index (κ3) is 6.08. The molecule has 144 valence electrons. The number of anilines is 1. The van der Waals surface area contributed by atoms with Gasteiger partial charge in [0.2, 0.25) is 5.91 Å². The molecule has 1 aliphatic rings. The fourth-order valence-corrected chi connectivity index (χ4v) is 3.43. The third-order valence-corrected chi connectivity index (χ3v) is 4.89. The van der Waals surface area contributed by atoms with E-state index < -0.39 is 0 Å². The van der Waals surface area contributed by atoms with Crippen LogP contribution in [0.4, 0.5) is 5.69 Å². The van der Waals surface area contributed by atoms with Crippen LogP contribution in [0.3, 0.4) is 0 Å². The van der Waals surface area contributed by atoms with Crippen molar-refractivity contribution in [2.24, 2.45) is 0 Å². The smallest absolute Gasteiger partial charge is 0.220 e. The van der Waals surface area contributed by atoms with Gasteiger partial charge >= 0.3 is 0 Å². The highest BCUT2D eigenvalue weighted by atomic mass is 16.5. The molecule has 0 saturated carbocycles. The number of para-hydroxylation sites is 1. The fourth-order valence-electron chi connectivity index (χ4n) is 3.43. The lowest BCUT2D eigenvalue weighted by Crippen LogP contribution is -2.40. The van der Waals surface area contributed by atoms with Crippen LogP contribution in [0.5, 0.6) is 0 Å². The average molecular weight is 367 g/mol. The summed E-state index contributed by atoms with van der Waals surface area (Å²) >= 11 is 0. The highest BCUT2D eigenvalue weighted by molar-refractivity contribution is 5.76. The lowest BCUT2D eigenvalue weighted by atomic mass is 10.1. The Bertz CT molecular complexity index is 763. The summed E-state index contributed by atoms with van der Waals surface area (Å²) in [5, 5.41) is 3.01. The Labute approximate surface area is 161 Å². The number of aryl methyl sites for hydroxylation is 1. The predicted molar refractivity (Wildman–Crippen MR) is 108 cm³/mol. The maximum absolute atomic E-state index is 12.2. The van der Waals surface area contributed by atoms with Crippen molar-refractivity contribution in [3.05, 3.63) is 65.2 Å². The second kappa shape index (κ2) is 9.53. The van der Waals surface area contributed by atoms with Gasteiger partial charge in [-0.25, -0.2) is 0 Å². The summed E-state index contributed by atoms with van der Waals surface area (Å²) in [5.74, 6) is 0.0469. The number of hydrogen-bond acceptors (Lipinski definition) is 4. The summed E-state index contributed by atoms with van der Waals surface area (Å²) in [4.78, 5) is 14.6. The number of carbonyl (C=O) groups is 1. The fraction of sp³-hybridized carbons (Fsp3) is 0.409. The Hall–Kier alpha value is -2.37. The minimum atomic E-state index is 0.0469. The Morgan fingerprint density at radius 3 is 2.85 bits per heavy atom. The minimum absolute atomic E-state index is 0.0469. The maximum atomic E-state index is 12.2. The molecule has 1 amide bonds. The molecule has 1 fully saturated rings. The summed E-state index contributed by atoms with van der Waals surface area (Å²) in [6, 6.07) is 16.1. The van der Waals surface area contributed by atoms with E-state index in [1.807, 2.05) is 24.3 Å². The van der Waals surface area contributed by atoms with Crippen LogP contribution in [0, 0.1) is 0 Å². The van der Waals surface area contributed by atoms with E-state index in [-0.39, 0.29) is 5.91 Å². The molecule has 0 radical (unpaired) electrons. The quantitative estimate of drug-likeness (QED) is 0.739. The van der Waals surface area contributed by atoms with Crippen LogP contribution in [-0.2, 0) is 29.0 Å². The van der Waals surface area contributed by atoms with E-state index in [2.05, 4.69) is 41.4 Å². The van der Waals surface area contributed by atoms with Gasteiger partial charge in [-0.3, -0.25) is 9.69 Å². The number of rotatable bonds is 7. The zero-order valence-corrected chi connectivity index (χ0v) is 16.0. The van der Waals surface area contributed by atoms with E-state index in [0.717, 1.165) is 43.1 Å². The molecule has 1 heterocycles. The van der Waals surface area contributed by atoms with E-state index in [4.69, 9.17) is 10.5 Å². The number of nitrogens with two attached hydrogens (primary N) is 1. The second-order valence-corrected chi connectivity index (χ2v) is 7.21. The van der Waals surface area contributed by atoms with E-state index in [1.54, 1.807) is 0 Å². The molecule has 1 unspecified atom stereocenters.